The molecule has 1 saturated heterocycles. The molecular weight excluding hydrogens is 296 g/mol. The summed E-state index contributed by atoms with van der Waals surface area (Å²) in [5, 5.41) is 0.974. The van der Waals surface area contributed by atoms with E-state index < -0.39 is 0 Å². The van der Waals surface area contributed by atoms with Crippen LogP contribution in [0.1, 0.15) is 29.8 Å². The zero-order valence-corrected chi connectivity index (χ0v) is 11.8. The lowest BCUT2D eigenvalue weighted by Gasteiger charge is -2.32. The van der Waals surface area contributed by atoms with Gasteiger partial charge in [-0.1, -0.05) is 22.0 Å². The Labute approximate surface area is 115 Å². The summed E-state index contributed by atoms with van der Waals surface area (Å²) < 4.78 is 0. The third-order valence-corrected chi connectivity index (χ3v) is 3.78. The Balaban J connectivity index is 2.06. The molecule has 5 heteroatoms. The second-order valence-electron chi connectivity index (χ2n) is 4.67. The number of amides is 1. The topological polar surface area (TPSA) is 53.2 Å². The number of alkyl halides is 1. The number of rotatable bonds is 3. The van der Waals surface area contributed by atoms with Crippen molar-refractivity contribution < 1.29 is 4.79 Å². The lowest BCUT2D eigenvalue weighted by atomic mass is 9.95. The Hall–Kier alpha value is -1.10. The third kappa shape index (κ3) is 3.22. The van der Waals surface area contributed by atoms with Gasteiger partial charge in [0.2, 0.25) is 5.56 Å². The van der Waals surface area contributed by atoms with Crippen molar-refractivity contribution in [1.29, 1.82) is 0 Å². The summed E-state index contributed by atoms with van der Waals surface area (Å²) in [5.74, 6) is 0.504. The summed E-state index contributed by atoms with van der Waals surface area (Å²) in [6.07, 6.45) is 3.32. The van der Waals surface area contributed by atoms with Gasteiger partial charge in [-0.3, -0.25) is 9.59 Å². The summed E-state index contributed by atoms with van der Waals surface area (Å²) in [4.78, 5) is 27.9. The van der Waals surface area contributed by atoms with Gasteiger partial charge in [-0.2, -0.15) is 0 Å². The lowest BCUT2D eigenvalue weighted by molar-refractivity contribution is 0.0665. The number of aromatic nitrogens is 1. The van der Waals surface area contributed by atoms with E-state index in [4.69, 9.17) is 0 Å². The second kappa shape index (κ2) is 6.18. The molecule has 1 aromatic rings. The number of pyridine rings is 1. The monoisotopic (exact) mass is 312 g/mol. The van der Waals surface area contributed by atoms with Gasteiger partial charge in [-0.15, -0.1) is 0 Å². The molecule has 2 heterocycles. The van der Waals surface area contributed by atoms with E-state index in [0.717, 1.165) is 31.3 Å². The van der Waals surface area contributed by atoms with Gasteiger partial charge in [0.05, 0.1) is 0 Å². The van der Waals surface area contributed by atoms with Crippen LogP contribution in [-0.4, -0.2) is 34.2 Å². The van der Waals surface area contributed by atoms with Crippen LogP contribution in [0.4, 0.5) is 0 Å². The van der Waals surface area contributed by atoms with E-state index in [-0.39, 0.29) is 11.5 Å². The van der Waals surface area contributed by atoms with Crippen LogP contribution >= 0.6 is 15.9 Å². The van der Waals surface area contributed by atoms with Gasteiger partial charge >= 0.3 is 0 Å². The minimum atomic E-state index is -0.227. The van der Waals surface area contributed by atoms with E-state index in [1.165, 1.54) is 12.5 Å². The van der Waals surface area contributed by atoms with Crippen LogP contribution in [0.5, 0.6) is 0 Å². The first kappa shape index (κ1) is 13.3. The maximum Gasteiger partial charge on any atom is 0.270 e. The molecule has 1 amide bonds. The van der Waals surface area contributed by atoms with Crippen molar-refractivity contribution in [2.75, 3.05) is 18.4 Å². The molecule has 2 rings (SSSR count). The number of carbonyl (C=O) groups excluding carboxylic acids is 1. The predicted molar refractivity (Wildman–Crippen MR) is 74.1 cm³/mol. The van der Waals surface area contributed by atoms with E-state index in [1.807, 2.05) is 4.90 Å². The van der Waals surface area contributed by atoms with Crippen molar-refractivity contribution in [3.05, 3.63) is 34.2 Å². The summed E-state index contributed by atoms with van der Waals surface area (Å²) in [6.45, 7) is 1.58. The Morgan fingerprint density at radius 2 is 2.33 bits per heavy atom. The zero-order chi connectivity index (χ0) is 13.0. The number of nitrogens with zero attached hydrogens (tertiary/aromatic N) is 1. The molecule has 1 atom stereocenters. The summed E-state index contributed by atoms with van der Waals surface area (Å²) in [5.41, 5.74) is 0.164. The molecule has 0 spiro atoms. The fraction of sp³-hybridized carbons (Fsp3) is 0.538. The van der Waals surface area contributed by atoms with Gasteiger partial charge in [-0.25, -0.2) is 0 Å². The smallest absolute Gasteiger partial charge is 0.270 e. The minimum absolute atomic E-state index is 0.0630. The molecule has 0 bridgehead atoms. The molecular formula is C13H17BrN2O2. The van der Waals surface area contributed by atoms with Gasteiger partial charge < -0.3 is 9.88 Å². The van der Waals surface area contributed by atoms with Crippen molar-refractivity contribution >= 4 is 21.8 Å². The first-order valence-electron chi connectivity index (χ1n) is 6.25. The van der Waals surface area contributed by atoms with Crippen molar-refractivity contribution in [3.63, 3.8) is 0 Å². The number of carbonyl (C=O) groups is 1. The molecule has 1 aromatic heterocycles. The second-order valence-corrected chi connectivity index (χ2v) is 5.46. The van der Waals surface area contributed by atoms with Crippen LogP contribution in [0.15, 0.2) is 23.0 Å². The van der Waals surface area contributed by atoms with Crippen LogP contribution in [-0.2, 0) is 0 Å². The molecule has 0 aliphatic carbocycles. The number of H-pyrrole nitrogens is 1. The number of likely N-dealkylation sites (tertiary alicyclic amines) is 1. The molecule has 1 N–H and O–H groups in total. The first-order valence-corrected chi connectivity index (χ1v) is 7.37. The summed E-state index contributed by atoms with van der Waals surface area (Å²) in [7, 11) is 0. The first-order chi connectivity index (χ1) is 8.70. The molecule has 1 aliphatic rings. The van der Waals surface area contributed by atoms with E-state index in [0.29, 0.717) is 11.6 Å². The Morgan fingerprint density at radius 1 is 1.50 bits per heavy atom. The van der Waals surface area contributed by atoms with Gasteiger partial charge in [-0.05, 0) is 31.2 Å². The summed E-state index contributed by atoms with van der Waals surface area (Å²) in [6, 6.07) is 4.70. The van der Waals surface area contributed by atoms with Crippen LogP contribution in [0.2, 0.25) is 0 Å². The maximum absolute atomic E-state index is 12.2. The molecule has 4 nitrogen and oxygen atoms in total. The van der Waals surface area contributed by atoms with E-state index in [1.54, 1.807) is 12.1 Å². The zero-order valence-electron chi connectivity index (χ0n) is 10.2. The largest absolute Gasteiger partial charge is 0.337 e. The molecule has 1 fully saturated rings. The quantitative estimate of drug-likeness (QED) is 0.868. The molecule has 98 valence electrons. The van der Waals surface area contributed by atoms with E-state index in [2.05, 4.69) is 20.9 Å². The standard InChI is InChI=1S/C13H17BrN2O2/c14-7-6-10-3-2-8-16(9-10)13(18)11-4-1-5-12(17)15-11/h1,4-5,10H,2-3,6-9H2,(H,15,17). The van der Waals surface area contributed by atoms with Gasteiger partial charge in [0.15, 0.2) is 0 Å². The van der Waals surface area contributed by atoms with Gasteiger partial charge in [0.1, 0.15) is 5.69 Å². The van der Waals surface area contributed by atoms with Crippen molar-refractivity contribution in [2.45, 2.75) is 19.3 Å². The molecule has 18 heavy (non-hydrogen) atoms. The SMILES string of the molecule is O=C(c1cccc(=O)[nH]1)N1CCCC(CCBr)C1. The summed E-state index contributed by atoms with van der Waals surface area (Å²) >= 11 is 3.45. The number of hydrogen-bond acceptors (Lipinski definition) is 2. The Kier molecular flexibility index (Phi) is 4.58. The normalized spacial score (nSPS) is 19.8. The molecule has 1 aliphatic heterocycles. The highest BCUT2D eigenvalue weighted by Gasteiger charge is 2.24. The highest BCUT2D eigenvalue weighted by Crippen LogP contribution is 2.21. The lowest BCUT2D eigenvalue weighted by Crippen LogP contribution is -2.40. The van der Waals surface area contributed by atoms with Crippen molar-refractivity contribution in [2.24, 2.45) is 5.92 Å². The number of aromatic amines is 1. The highest BCUT2D eigenvalue weighted by atomic mass is 79.9. The van der Waals surface area contributed by atoms with Crippen LogP contribution in [0.25, 0.3) is 0 Å². The Morgan fingerprint density at radius 3 is 3.06 bits per heavy atom. The van der Waals surface area contributed by atoms with Crippen LogP contribution in [0.3, 0.4) is 0 Å². The van der Waals surface area contributed by atoms with Gasteiger partial charge in [0.25, 0.3) is 5.91 Å². The fourth-order valence-electron chi connectivity index (χ4n) is 2.38. The molecule has 0 saturated carbocycles. The average molecular weight is 313 g/mol. The van der Waals surface area contributed by atoms with Crippen molar-refractivity contribution in [1.82, 2.24) is 9.88 Å². The molecule has 0 radical (unpaired) electrons. The maximum atomic E-state index is 12.2. The minimum Gasteiger partial charge on any atom is -0.337 e. The number of piperidine rings is 1. The van der Waals surface area contributed by atoms with E-state index >= 15 is 0 Å². The van der Waals surface area contributed by atoms with Gasteiger partial charge in [0, 0.05) is 24.5 Å². The van der Waals surface area contributed by atoms with Crippen molar-refractivity contribution in [3.8, 4) is 0 Å². The fourth-order valence-corrected chi connectivity index (χ4v) is 3.03. The predicted octanol–water partition coefficient (Wildman–Crippen LogP) is 2.01. The average Bonchev–Trinajstić information content (AvgIpc) is 2.39. The molecule has 1 unspecified atom stereocenters. The van der Waals surface area contributed by atoms with Crippen LogP contribution in [0, 0.1) is 5.92 Å². The molecule has 0 aromatic carbocycles. The van der Waals surface area contributed by atoms with Crippen LogP contribution < -0.4 is 5.56 Å². The van der Waals surface area contributed by atoms with E-state index in [9.17, 15) is 9.59 Å². The number of hydrogen-bond donors (Lipinski definition) is 1. The highest BCUT2D eigenvalue weighted by molar-refractivity contribution is 9.09. The third-order valence-electron chi connectivity index (χ3n) is 3.32. The number of nitrogens with one attached hydrogen (secondary N) is 1. The Bertz CT molecular complexity index is 470. The number of halogens is 1.